The van der Waals surface area contributed by atoms with Crippen LogP contribution in [-0.2, 0) is 4.74 Å². The lowest BCUT2D eigenvalue weighted by Crippen LogP contribution is -2.44. The summed E-state index contributed by atoms with van der Waals surface area (Å²) in [6.45, 7) is 1.96. The minimum atomic E-state index is -1.06. The van der Waals surface area contributed by atoms with Crippen LogP contribution >= 0.6 is 27.7 Å². The van der Waals surface area contributed by atoms with Gasteiger partial charge in [0.2, 0.25) is 0 Å². The third kappa shape index (κ3) is 4.24. The molecule has 2 N–H and O–H groups in total. The van der Waals surface area contributed by atoms with Crippen molar-refractivity contribution >= 4 is 39.6 Å². The molecule has 5 nitrogen and oxygen atoms in total. The van der Waals surface area contributed by atoms with Crippen LogP contribution in [0.3, 0.4) is 0 Å². The van der Waals surface area contributed by atoms with E-state index in [1.54, 1.807) is 17.8 Å². The summed E-state index contributed by atoms with van der Waals surface area (Å²) in [6, 6.07) is 4.48. The van der Waals surface area contributed by atoms with Crippen molar-refractivity contribution in [3.63, 3.8) is 0 Å². The molecule has 0 aliphatic carbocycles. The highest BCUT2D eigenvalue weighted by molar-refractivity contribution is 9.10. The van der Waals surface area contributed by atoms with Crippen molar-refractivity contribution in [3.8, 4) is 0 Å². The topological polar surface area (TPSA) is 75.6 Å². The summed E-state index contributed by atoms with van der Waals surface area (Å²) >= 11 is 4.98. The number of thioether (sulfide) groups is 1. The van der Waals surface area contributed by atoms with Gasteiger partial charge in [0.15, 0.2) is 0 Å². The smallest absolute Gasteiger partial charge is 0.335 e. The lowest BCUT2D eigenvalue weighted by Gasteiger charge is -2.35. The Morgan fingerprint density at radius 1 is 1.32 bits per heavy atom. The number of nitrogens with one attached hydrogen (secondary N) is 1. The highest BCUT2D eigenvalue weighted by Gasteiger charge is 2.32. The molecule has 1 heterocycles. The van der Waals surface area contributed by atoms with Gasteiger partial charge >= 0.3 is 5.97 Å². The van der Waals surface area contributed by atoms with Gasteiger partial charge in [0.1, 0.15) is 0 Å². The Kier molecular flexibility index (Phi) is 5.88. The van der Waals surface area contributed by atoms with Crippen LogP contribution in [-0.4, -0.2) is 47.7 Å². The number of carbonyl (C=O) groups excluding carboxylic acids is 1. The Morgan fingerprint density at radius 3 is 2.55 bits per heavy atom. The molecule has 1 aromatic carbocycles. The average molecular weight is 388 g/mol. The summed E-state index contributed by atoms with van der Waals surface area (Å²) in [6.07, 6.45) is 3.83. The van der Waals surface area contributed by atoms with Gasteiger partial charge in [-0.25, -0.2) is 4.79 Å². The fraction of sp³-hybridized carbons (Fsp3) is 0.467. The van der Waals surface area contributed by atoms with Gasteiger partial charge in [-0.1, -0.05) is 15.9 Å². The van der Waals surface area contributed by atoms with E-state index in [9.17, 15) is 9.59 Å². The van der Waals surface area contributed by atoms with E-state index in [4.69, 9.17) is 9.84 Å². The maximum atomic E-state index is 12.3. The highest BCUT2D eigenvalue weighted by Crippen LogP contribution is 2.33. The number of hydrogen-bond acceptors (Lipinski definition) is 4. The first-order chi connectivity index (χ1) is 10.5. The summed E-state index contributed by atoms with van der Waals surface area (Å²) in [4.78, 5) is 23.4. The van der Waals surface area contributed by atoms with Crippen molar-refractivity contribution in [3.05, 3.63) is 33.8 Å². The quantitative estimate of drug-likeness (QED) is 0.812. The summed E-state index contributed by atoms with van der Waals surface area (Å²) in [5, 5.41) is 12.0. The number of hydrogen-bond donors (Lipinski definition) is 2. The van der Waals surface area contributed by atoms with Crippen LogP contribution in [0.2, 0.25) is 0 Å². The predicted molar refractivity (Wildman–Crippen MR) is 89.7 cm³/mol. The van der Waals surface area contributed by atoms with Crippen LogP contribution in [0, 0.1) is 0 Å². The van der Waals surface area contributed by atoms with Gasteiger partial charge in [0.05, 0.1) is 5.56 Å². The van der Waals surface area contributed by atoms with Crippen LogP contribution in [0.15, 0.2) is 22.7 Å². The van der Waals surface area contributed by atoms with E-state index < -0.39 is 5.97 Å². The van der Waals surface area contributed by atoms with Crippen LogP contribution in [0.5, 0.6) is 0 Å². The third-order valence-electron chi connectivity index (χ3n) is 3.82. The number of benzene rings is 1. The number of halogens is 1. The van der Waals surface area contributed by atoms with Gasteiger partial charge in [0.25, 0.3) is 5.91 Å². The molecule has 1 aromatic rings. The molecule has 0 unspecified atom stereocenters. The van der Waals surface area contributed by atoms with Gasteiger partial charge in [0, 0.05) is 34.5 Å². The van der Waals surface area contributed by atoms with Gasteiger partial charge in [-0.15, -0.1) is 0 Å². The molecule has 7 heteroatoms. The first-order valence-corrected chi connectivity index (χ1v) is 8.92. The van der Waals surface area contributed by atoms with Crippen LogP contribution in [0.1, 0.15) is 33.6 Å². The number of ether oxygens (including phenoxy) is 1. The maximum absolute atomic E-state index is 12.3. The van der Waals surface area contributed by atoms with Crippen LogP contribution in [0.25, 0.3) is 0 Å². The molecule has 1 amide bonds. The lowest BCUT2D eigenvalue weighted by atomic mass is 9.98. The molecule has 1 fully saturated rings. The highest BCUT2D eigenvalue weighted by atomic mass is 79.9. The molecule has 0 aromatic heterocycles. The second-order valence-corrected chi connectivity index (χ2v) is 7.41. The summed E-state index contributed by atoms with van der Waals surface area (Å²) < 4.78 is 5.95. The average Bonchev–Trinajstić information content (AvgIpc) is 2.53. The Balaban J connectivity index is 2.07. The van der Waals surface area contributed by atoms with Crippen molar-refractivity contribution in [1.82, 2.24) is 5.32 Å². The van der Waals surface area contributed by atoms with E-state index in [1.807, 2.05) is 6.26 Å². The van der Waals surface area contributed by atoms with Crippen LogP contribution in [0.4, 0.5) is 0 Å². The number of aromatic carboxylic acids is 1. The van der Waals surface area contributed by atoms with Crippen molar-refractivity contribution in [2.24, 2.45) is 0 Å². The summed E-state index contributed by atoms with van der Waals surface area (Å²) in [5.41, 5.74) is 0.431. The van der Waals surface area contributed by atoms with Crippen molar-refractivity contribution < 1.29 is 19.4 Å². The van der Waals surface area contributed by atoms with E-state index in [-0.39, 0.29) is 16.2 Å². The van der Waals surface area contributed by atoms with E-state index >= 15 is 0 Å². The molecule has 0 radical (unpaired) electrons. The molecule has 0 bridgehead atoms. The second-order valence-electron chi connectivity index (χ2n) is 5.22. The largest absolute Gasteiger partial charge is 0.478 e. The molecule has 1 aliphatic rings. The fourth-order valence-electron chi connectivity index (χ4n) is 2.38. The SMILES string of the molecule is CSC1(CNC(=O)c2cc(Br)cc(C(=O)O)c2)CCOCC1. The van der Waals surface area contributed by atoms with Gasteiger partial charge < -0.3 is 15.2 Å². The molecule has 1 saturated heterocycles. The minimum absolute atomic E-state index is 0.00441. The van der Waals surface area contributed by atoms with Gasteiger partial charge in [-0.2, -0.15) is 11.8 Å². The first-order valence-electron chi connectivity index (χ1n) is 6.91. The zero-order valence-corrected chi connectivity index (χ0v) is 14.6. The molecular formula is C15H18BrNO4S. The van der Waals surface area contributed by atoms with E-state index in [0.29, 0.717) is 29.8 Å². The molecule has 22 heavy (non-hydrogen) atoms. The van der Waals surface area contributed by atoms with E-state index in [0.717, 1.165) is 12.8 Å². The standard InChI is InChI=1S/C15H18BrNO4S/c1-22-15(2-4-21-5-3-15)9-17-13(18)10-6-11(14(19)20)8-12(16)7-10/h6-8H,2-5,9H2,1H3,(H,17,18)(H,19,20). The molecular weight excluding hydrogens is 370 g/mol. The number of carboxylic acids is 1. The van der Waals surface area contributed by atoms with Gasteiger partial charge in [-0.3, -0.25) is 4.79 Å². The predicted octanol–water partition coefficient (Wildman–Crippen LogP) is 2.79. The van der Waals surface area contributed by atoms with E-state index in [1.165, 1.54) is 12.1 Å². The minimum Gasteiger partial charge on any atom is -0.478 e. The maximum Gasteiger partial charge on any atom is 0.335 e. The normalized spacial score (nSPS) is 17.0. The lowest BCUT2D eigenvalue weighted by molar-refractivity contribution is 0.0696. The fourth-order valence-corrected chi connectivity index (χ4v) is 3.67. The first kappa shape index (κ1) is 17.3. The molecule has 0 spiro atoms. The van der Waals surface area contributed by atoms with Crippen molar-refractivity contribution in [2.75, 3.05) is 26.0 Å². The van der Waals surface area contributed by atoms with Gasteiger partial charge in [-0.05, 0) is 37.3 Å². The monoisotopic (exact) mass is 387 g/mol. The van der Waals surface area contributed by atoms with Crippen molar-refractivity contribution in [1.29, 1.82) is 0 Å². The Morgan fingerprint density at radius 2 is 1.95 bits per heavy atom. The number of carboxylic acid groups (broad SMARTS) is 1. The molecule has 0 saturated carbocycles. The third-order valence-corrected chi connectivity index (χ3v) is 5.69. The molecule has 2 rings (SSSR count). The molecule has 0 atom stereocenters. The Bertz CT molecular complexity index is 573. The second kappa shape index (κ2) is 7.48. The number of rotatable bonds is 5. The Labute approximate surface area is 141 Å². The molecule has 120 valence electrons. The number of amides is 1. The zero-order valence-electron chi connectivity index (χ0n) is 12.2. The van der Waals surface area contributed by atoms with E-state index in [2.05, 4.69) is 21.2 Å². The summed E-state index contributed by atoms with van der Waals surface area (Å²) in [5.74, 6) is -1.32. The van der Waals surface area contributed by atoms with Crippen LogP contribution < -0.4 is 5.32 Å². The number of carbonyl (C=O) groups is 2. The molecule has 1 aliphatic heterocycles. The summed E-state index contributed by atoms with van der Waals surface area (Å²) in [7, 11) is 0. The zero-order chi connectivity index (χ0) is 16.2. The van der Waals surface area contributed by atoms with Crippen molar-refractivity contribution in [2.45, 2.75) is 17.6 Å². The Hall–Kier alpha value is -1.05.